The van der Waals surface area contributed by atoms with E-state index in [0.29, 0.717) is 11.4 Å². The molecule has 0 bridgehead atoms. The van der Waals surface area contributed by atoms with E-state index < -0.39 is 5.91 Å². The predicted octanol–water partition coefficient (Wildman–Crippen LogP) is 0.306. The van der Waals surface area contributed by atoms with Crippen molar-refractivity contribution in [2.45, 2.75) is 18.9 Å². The number of hydrogen-bond acceptors (Lipinski definition) is 3. The Morgan fingerprint density at radius 2 is 2.27 bits per heavy atom. The van der Waals surface area contributed by atoms with Gasteiger partial charge in [-0.25, -0.2) is 4.98 Å². The van der Waals surface area contributed by atoms with Crippen molar-refractivity contribution in [3.8, 4) is 0 Å². The molecule has 0 atom stereocenters. The highest BCUT2D eigenvalue weighted by Crippen LogP contribution is 2.29. The van der Waals surface area contributed by atoms with Crippen LogP contribution in [0.2, 0.25) is 0 Å². The van der Waals surface area contributed by atoms with Gasteiger partial charge in [0.1, 0.15) is 5.82 Å². The van der Waals surface area contributed by atoms with Gasteiger partial charge in [-0.1, -0.05) is 0 Å². The molecule has 2 N–H and O–H groups in total. The summed E-state index contributed by atoms with van der Waals surface area (Å²) in [6.07, 6.45) is 4.18. The highest BCUT2D eigenvalue weighted by Gasteiger charge is 2.29. The molecule has 1 aliphatic carbocycles. The first-order valence-electron chi connectivity index (χ1n) is 4.72. The molecule has 0 spiro atoms. The zero-order valence-corrected chi connectivity index (χ0v) is 8.09. The van der Waals surface area contributed by atoms with E-state index in [9.17, 15) is 9.59 Å². The van der Waals surface area contributed by atoms with Crippen LogP contribution in [0.25, 0.3) is 0 Å². The second-order valence-electron chi connectivity index (χ2n) is 3.51. The summed E-state index contributed by atoms with van der Waals surface area (Å²) in [6.45, 7) is 0. The maximum atomic E-state index is 10.8. The molecule has 1 aromatic rings. The van der Waals surface area contributed by atoms with Crippen molar-refractivity contribution in [3.63, 3.8) is 0 Å². The van der Waals surface area contributed by atoms with E-state index >= 15 is 0 Å². The molecule has 0 aliphatic heterocycles. The number of pyridine rings is 1. The van der Waals surface area contributed by atoms with Crippen molar-refractivity contribution >= 4 is 18.1 Å². The fraction of sp³-hybridized carbons (Fsp3) is 0.300. The number of carbonyl (C=O) groups excluding carboxylic acids is 2. The monoisotopic (exact) mass is 205 g/mol. The molecule has 78 valence electrons. The number of amides is 2. The van der Waals surface area contributed by atoms with Gasteiger partial charge in [-0.3, -0.25) is 14.5 Å². The van der Waals surface area contributed by atoms with E-state index in [1.807, 2.05) is 0 Å². The van der Waals surface area contributed by atoms with Crippen LogP contribution in [0.4, 0.5) is 5.82 Å². The highest BCUT2D eigenvalue weighted by molar-refractivity contribution is 5.92. The Balaban J connectivity index is 2.21. The minimum atomic E-state index is -0.516. The van der Waals surface area contributed by atoms with Crippen LogP contribution < -0.4 is 10.6 Å². The molecular formula is C10H11N3O2. The fourth-order valence-electron chi connectivity index (χ4n) is 1.36. The summed E-state index contributed by atoms with van der Waals surface area (Å²) < 4.78 is 0. The summed E-state index contributed by atoms with van der Waals surface area (Å²) >= 11 is 0. The van der Waals surface area contributed by atoms with E-state index in [0.717, 1.165) is 19.3 Å². The number of anilines is 1. The van der Waals surface area contributed by atoms with Crippen LogP contribution >= 0.6 is 0 Å². The number of nitrogens with zero attached hydrogens (tertiary/aromatic N) is 2. The zero-order chi connectivity index (χ0) is 10.8. The lowest BCUT2D eigenvalue weighted by Gasteiger charge is -2.14. The molecule has 2 rings (SSSR count). The van der Waals surface area contributed by atoms with Gasteiger partial charge in [-0.15, -0.1) is 0 Å². The van der Waals surface area contributed by atoms with E-state index in [2.05, 4.69) is 4.98 Å². The third kappa shape index (κ3) is 1.96. The lowest BCUT2D eigenvalue weighted by atomic mass is 10.2. The van der Waals surface area contributed by atoms with Crippen LogP contribution in [0, 0.1) is 0 Å². The Bertz CT molecular complexity index is 384. The first-order valence-corrected chi connectivity index (χ1v) is 4.72. The Morgan fingerprint density at radius 3 is 2.67 bits per heavy atom. The van der Waals surface area contributed by atoms with Crippen molar-refractivity contribution in [3.05, 3.63) is 23.9 Å². The molecule has 0 saturated heterocycles. The second-order valence-corrected chi connectivity index (χ2v) is 3.51. The van der Waals surface area contributed by atoms with Crippen molar-refractivity contribution in [2.24, 2.45) is 5.73 Å². The molecule has 15 heavy (non-hydrogen) atoms. The average molecular weight is 205 g/mol. The van der Waals surface area contributed by atoms with Crippen LogP contribution in [0.1, 0.15) is 23.2 Å². The molecule has 5 heteroatoms. The minimum absolute atomic E-state index is 0.273. The minimum Gasteiger partial charge on any atom is -0.366 e. The fourth-order valence-corrected chi connectivity index (χ4v) is 1.36. The van der Waals surface area contributed by atoms with Crippen LogP contribution in [-0.4, -0.2) is 23.3 Å². The van der Waals surface area contributed by atoms with E-state index in [1.54, 1.807) is 17.0 Å². The Labute approximate surface area is 86.9 Å². The molecule has 5 nitrogen and oxygen atoms in total. The van der Waals surface area contributed by atoms with Gasteiger partial charge in [0.2, 0.25) is 12.3 Å². The number of nitrogens with two attached hydrogens (primary N) is 1. The number of aromatic nitrogens is 1. The summed E-state index contributed by atoms with van der Waals surface area (Å²) in [5.41, 5.74) is 5.43. The SMILES string of the molecule is NC(=O)c1ccc(N(C=O)C2CC2)nc1. The second kappa shape index (κ2) is 3.68. The average Bonchev–Trinajstić information content (AvgIpc) is 3.04. The molecule has 1 saturated carbocycles. The molecular weight excluding hydrogens is 194 g/mol. The van der Waals surface area contributed by atoms with Gasteiger partial charge in [0, 0.05) is 12.2 Å². The Kier molecular flexibility index (Phi) is 2.37. The van der Waals surface area contributed by atoms with Crippen LogP contribution in [0.3, 0.4) is 0 Å². The summed E-state index contributed by atoms with van der Waals surface area (Å²) in [7, 11) is 0. The third-order valence-electron chi connectivity index (χ3n) is 2.35. The smallest absolute Gasteiger partial charge is 0.250 e. The van der Waals surface area contributed by atoms with E-state index in [1.165, 1.54) is 6.20 Å². The molecule has 0 aromatic carbocycles. The van der Waals surface area contributed by atoms with Crippen molar-refractivity contribution in [2.75, 3.05) is 4.90 Å². The zero-order valence-electron chi connectivity index (χ0n) is 8.09. The largest absolute Gasteiger partial charge is 0.366 e. The lowest BCUT2D eigenvalue weighted by molar-refractivity contribution is -0.107. The van der Waals surface area contributed by atoms with Gasteiger partial charge in [-0.2, -0.15) is 0 Å². The molecule has 0 unspecified atom stereocenters. The predicted molar refractivity (Wildman–Crippen MR) is 54.3 cm³/mol. The van der Waals surface area contributed by atoms with Crippen LogP contribution in [0.5, 0.6) is 0 Å². The number of carbonyl (C=O) groups is 2. The standard InChI is InChI=1S/C10H11N3O2/c11-10(15)7-1-4-9(12-5-7)13(6-14)8-2-3-8/h1,4-6,8H,2-3H2,(H2,11,15). The topological polar surface area (TPSA) is 76.3 Å². The molecule has 1 aromatic heterocycles. The number of hydrogen-bond donors (Lipinski definition) is 1. The number of primary amides is 1. The van der Waals surface area contributed by atoms with Crippen molar-refractivity contribution < 1.29 is 9.59 Å². The summed E-state index contributed by atoms with van der Waals surface area (Å²) in [4.78, 5) is 27.2. The van der Waals surface area contributed by atoms with Gasteiger partial charge in [0.15, 0.2) is 0 Å². The van der Waals surface area contributed by atoms with Gasteiger partial charge < -0.3 is 5.73 Å². The summed E-state index contributed by atoms with van der Waals surface area (Å²) in [6, 6.07) is 3.48. The van der Waals surface area contributed by atoms with E-state index in [-0.39, 0.29) is 6.04 Å². The number of rotatable bonds is 4. The van der Waals surface area contributed by atoms with Gasteiger partial charge in [0.05, 0.1) is 5.56 Å². The van der Waals surface area contributed by atoms with Gasteiger partial charge >= 0.3 is 0 Å². The highest BCUT2D eigenvalue weighted by atomic mass is 16.1. The quantitative estimate of drug-likeness (QED) is 0.718. The summed E-state index contributed by atoms with van der Waals surface area (Å²) in [5, 5.41) is 0. The molecule has 1 heterocycles. The lowest BCUT2D eigenvalue weighted by Crippen LogP contribution is -2.24. The maximum Gasteiger partial charge on any atom is 0.250 e. The van der Waals surface area contributed by atoms with Crippen LogP contribution in [0.15, 0.2) is 18.3 Å². The molecule has 2 amide bonds. The van der Waals surface area contributed by atoms with Gasteiger partial charge in [-0.05, 0) is 25.0 Å². The van der Waals surface area contributed by atoms with Crippen molar-refractivity contribution in [1.29, 1.82) is 0 Å². The van der Waals surface area contributed by atoms with Gasteiger partial charge in [0.25, 0.3) is 0 Å². The first-order chi connectivity index (χ1) is 7.22. The summed E-state index contributed by atoms with van der Waals surface area (Å²) in [5.74, 6) is 0.0515. The van der Waals surface area contributed by atoms with Crippen LogP contribution in [-0.2, 0) is 4.79 Å². The van der Waals surface area contributed by atoms with E-state index in [4.69, 9.17) is 5.73 Å². The first kappa shape index (κ1) is 9.64. The normalized spacial score (nSPS) is 14.7. The Morgan fingerprint density at radius 1 is 1.53 bits per heavy atom. The molecule has 1 aliphatic rings. The van der Waals surface area contributed by atoms with Crippen molar-refractivity contribution in [1.82, 2.24) is 4.98 Å². The third-order valence-corrected chi connectivity index (χ3v) is 2.35. The molecule has 0 radical (unpaired) electrons. The molecule has 1 fully saturated rings. The maximum absolute atomic E-state index is 10.8. The Hall–Kier alpha value is -1.91.